The Morgan fingerprint density at radius 3 is 2.53 bits per heavy atom. The molecule has 1 amide bonds. The number of nitrogens with zero attached hydrogens (tertiary/aromatic N) is 2. The lowest BCUT2D eigenvalue weighted by Crippen LogP contribution is -2.28. The van der Waals surface area contributed by atoms with Gasteiger partial charge in [-0.3, -0.25) is 9.69 Å². The molecule has 0 radical (unpaired) electrons. The van der Waals surface area contributed by atoms with Gasteiger partial charge in [0.15, 0.2) is 16.7 Å². The number of amidine groups is 1. The predicted molar refractivity (Wildman–Crippen MR) is 149 cm³/mol. The largest absolute Gasteiger partial charge is 0.490 e. The molecule has 1 aliphatic rings. The van der Waals surface area contributed by atoms with Crippen LogP contribution in [-0.2, 0) is 11.4 Å². The highest BCUT2D eigenvalue weighted by atomic mass is 79.9. The van der Waals surface area contributed by atoms with Gasteiger partial charge < -0.3 is 14.6 Å². The monoisotopic (exact) mass is 598 g/mol. The number of hydrogen-bond donors (Lipinski definition) is 1. The molecule has 0 bridgehead atoms. The van der Waals surface area contributed by atoms with E-state index in [1.165, 1.54) is 30.0 Å². The van der Waals surface area contributed by atoms with Crippen molar-refractivity contribution in [2.24, 2.45) is 4.99 Å². The van der Waals surface area contributed by atoms with Crippen LogP contribution in [0, 0.1) is 5.82 Å². The number of thioether (sulfide) groups is 1. The molecule has 0 atom stereocenters. The molecule has 0 aliphatic carbocycles. The van der Waals surface area contributed by atoms with Crippen LogP contribution in [0.1, 0.15) is 35.3 Å². The quantitative estimate of drug-likeness (QED) is 0.270. The Morgan fingerprint density at radius 2 is 1.87 bits per heavy atom. The Balaban J connectivity index is 1.60. The smallest absolute Gasteiger partial charge is 0.335 e. The highest BCUT2D eigenvalue weighted by Gasteiger charge is 2.32. The predicted octanol–water partition coefficient (Wildman–Crippen LogP) is 6.89. The summed E-state index contributed by atoms with van der Waals surface area (Å²) in [6.07, 6.45) is 1.75. The zero-order valence-corrected chi connectivity index (χ0v) is 23.0. The summed E-state index contributed by atoms with van der Waals surface area (Å²) in [6, 6.07) is 16.1. The van der Waals surface area contributed by atoms with Gasteiger partial charge in [-0.1, -0.05) is 18.2 Å². The molecule has 0 spiro atoms. The van der Waals surface area contributed by atoms with Crippen LogP contribution in [0.15, 0.2) is 75.0 Å². The molecule has 38 heavy (non-hydrogen) atoms. The van der Waals surface area contributed by atoms with Crippen molar-refractivity contribution in [3.8, 4) is 11.5 Å². The minimum Gasteiger partial charge on any atom is -0.490 e. The van der Waals surface area contributed by atoms with Crippen molar-refractivity contribution in [3.05, 3.63) is 92.5 Å². The first-order valence-electron chi connectivity index (χ1n) is 11.8. The third kappa shape index (κ3) is 6.25. The zero-order chi connectivity index (χ0) is 27.2. The summed E-state index contributed by atoms with van der Waals surface area (Å²) in [4.78, 5) is 30.8. The maximum absolute atomic E-state index is 14.0. The zero-order valence-electron chi connectivity index (χ0n) is 20.6. The van der Waals surface area contributed by atoms with E-state index in [-0.39, 0.29) is 23.9 Å². The van der Waals surface area contributed by atoms with Crippen LogP contribution in [-0.4, -0.2) is 40.2 Å². The van der Waals surface area contributed by atoms with Crippen molar-refractivity contribution in [2.75, 3.05) is 13.2 Å². The SMILES string of the molecule is CCOc1cc(C=C2SC(=Nc3ccc(C(=O)O)cc3)N(CC)C2=O)cc(Br)c1OCc1ccccc1F. The standard InChI is InChI=1S/C28H24BrFN2O5S/c1-3-32-26(33)24(38-28(32)31-20-11-9-18(10-12-20)27(34)35)15-17-13-21(29)25(23(14-17)36-4-2)37-16-19-7-5-6-8-22(19)30/h5-15H,3-4,16H2,1-2H3,(H,34,35). The molecule has 3 aromatic rings. The number of carbonyl (C=O) groups is 2. The van der Waals surface area contributed by atoms with Gasteiger partial charge in [0.25, 0.3) is 5.91 Å². The number of amides is 1. The number of rotatable bonds is 9. The van der Waals surface area contributed by atoms with Crippen molar-refractivity contribution in [3.63, 3.8) is 0 Å². The van der Waals surface area contributed by atoms with Crippen LogP contribution in [0.2, 0.25) is 0 Å². The molecule has 1 aliphatic heterocycles. The fraction of sp³-hybridized carbons (Fsp3) is 0.179. The summed E-state index contributed by atoms with van der Waals surface area (Å²) in [6.45, 7) is 4.54. The van der Waals surface area contributed by atoms with E-state index in [0.29, 0.717) is 56.0 Å². The second kappa shape index (κ2) is 12.3. The van der Waals surface area contributed by atoms with Gasteiger partial charge in [-0.25, -0.2) is 14.2 Å². The van der Waals surface area contributed by atoms with Crippen LogP contribution >= 0.6 is 27.7 Å². The van der Waals surface area contributed by atoms with Gasteiger partial charge in [-0.15, -0.1) is 0 Å². The van der Waals surface area contributed by atoms with Gasteiger partial charge in [-0.2, -0.15) is 0 Å². The molecule has 1 saturated heterocycles. The molecular weight excluding hydrogens is 575 g/mol. The Labute approximate surface area is 232 Å². The molecule has 3 aromatic carbocycles. The van der Waals surface area contributed by atoms with E-state index in [0.717, 1.165) is 0 Å². The number of benzene rings is 3. The lowest BCUT2D eigenvalue weighted by Gasteiger charge is -2.15. The first-order valence-corrected chi connectivity index (χ1v) is 13.4. The summed E-state index contributed by atoms with van der Waals surface area (Å²) in [5.74, 6) is -0.663. The second-order valence-corrected chi connectivity index (χ2v) is 9.91. The van der Waals surface area contributed by atoms with Crippen molar-refractivity contribution < 1.29 is 28.6 Å². The Bertz CT molecular complexity index is 1430. The van der Waals surface area contributed by atoms with Gasteiger partial charge in [0.2, 0.25) is 0 Å². The van der Waals surface area contributed by atoms with Crippen LogP contribution < -0.4 is 9.47 Å². The van der Waals surface area contributed by atoms with Gasteiger partial charge >= 0.3 is 5.97 Å². The van der Waals surface area contributed by atoms with Crippen molar-refractivity contribution in [1.29, 1.82) is 0 Å². The molecule has 1 fully saturated rings. The van der Waals surface area contributed by atoms with Gasteiger partial charge in [0, 0.05) is 12.1 Å². The summed E-state index contributed by atoms with van der Waals surface area (Å²) in [7, 11) is 0. The summed E-state index contributed by atoms with van der Waals surface area (Å²) >= 11 is 4.76. The highest BCUT2D eigenvalue weighted by molar-refractivity contribution is 9.10. The molecule has 1 heterocycles. The number of carboxylic acids is 1. The van der Waals surface area contributed by atoms with Gasteiger partial charge in [-0.05, 0) is 95.6 Å². The maximum atomic E-state index is 14.0. The lowest BCUT2D eigenvalue weighted by atomic mass is 10.1. The lowest BCUT2D eigenvalue weighted by molar-refractivity contribution is -0.122. The van der Waals surface area contributed by atoms with E-state index in [1.807, 2.05) is 13.8 Å². The molecule has 7 nitrogen and oxygen atoms in total. The maximum Gasteiger partial charge on any atom is 0.335 e. The molecular formula is C28H24BrFN2O5S. The highest BCUT2D eigenvalue weighted by Crippen LogP contribution is 2.40. The third-order valence-corrected chi connectivity index (χ3v) is 7.10. The topological polar surface area (TPSA) is 88.4 Å². The Hall–Kier alpha value is -3.63. The number of carboxylic acid groups (broad SMARTS) is 1. The molecule has 0 saturated carbocycles. The molecule has 0 unspecified atom stereocenters. The van der Waals surface area contributed by atoms with Crippen LogP contribution in [0.3, 0.4) is 0 Å². The first kappa shape index (κ1) is 27.4. The second-order valence-electron chi connectivity index (χ2n) is 8.05. The van der Waals surface area contributed by atoms with E-state index in [1.54, 1.807) is 53.4 Å². The Kier molecular flexibility index (Phi) is 8.85. The summed E-state index contributed by atoms with van der Waals surface area (Å²) in [5, 5.41) is 9.60. The van der Waals surface area contributed by atoms with E-state index in [2.05, 4.69) is 20.9 Å². The van der Waals surface area contributed by atoms with Gasteiger partial charge in [0.1, 0.15) is 12.4 Å². The number of likely N-dealkylation sites (N-methyl/N-ethyl adjacent to an activating group) is 1. The third-order valence-electron chi connectivity index (χ3n) is 5.50. The number of aromatic carboxylic acids is 1. The van der Waals surface area contributed by atoms with Crippen LogP contribution in [0.25, 0.3) is 6.08 Å². The van der Waals surface area contributed by atoms with Crippen LogP contribution in [0.5, 0.6) is 11.5 Å². The summed E-state index contributed by atoms with van der Waals surface area (Å²) < 4.78 is 26.3. The molecule has 196 valence electrons. The molecule has 4 rings (SSSR count). The average molecular weight is 599 g/mol. The normalized spacial score (nSPS) is 15.4. The minimum atomic E-state index is -1.02. The first-order chi connectivity index (χ1) is 18.3. The van der Waals surface area contributed by atoms with E-state index < -0.39 is 5.97 Å². The fourth-order valence-corrected chi connectivity index (χ4v) is 5.29. The fourth-order valence-electron chi connectivity index (χ4n) is 3.65. The number of halogens is 2. The van der Waals surface area contributed by atoms with Crippen molar-refractivity contribution >= 4 is 56.5 Å². The number of carbonyl (C=O) groups excluding carboxylic acids is 1. The average Bonchev–Trinajstić information content (AvgIpc) is 3.18. The minimum absolute atomic E-state index is 0.0266. The van der Waals surface area contributed by atoms with Gasteiger partial charge in [0.05, 0.1) is 27.2 Å². The summed E-state index contributed by atoms with van der Waals surface area (Å²) in [5.41, 5.74) is 1.83. The number of ether oxygens (including phenoxy) is 2. The molecule has 0 aromatic heterocycles. The Morgan fingerprint density at radius 1 is 1.13 bits per heavy atom. The number of aliphatic imine (C=N–C) groups is 1. The van der Waals surface area contributed by atoms with Crippen molar-refractivity contribution in [2.45, 2.75) is 20.5 Å². The van der Waals surface area contributed by atoms with Crippen LogP contribution in [0.4, 0.5) is 10.1 Å². The van der Waals surface area contributed by atoms with E-state index in [4.69, 9.17) is 14.6 Å². The number of hydrogen-bond acceptors (Lipinski definition) is 6. The van der Waals surface area contributed by atoms with Crippen molar-refractivity contribution in [1.82, 2.24) is 4.90 Å². The van der Waals surface area contributed by atoms with E-state index in [9.17, 15) is 14.0 Å². The van der Waals surface area contributed by atoms with E-state index >= 15 is 0 Å². The molecule has 10 heteroatoms. The molecule has 1 N–H and O–H groups in total.